The summed E-state index contributed by atoms with van der Waals surface area (Å²) in [6, 6.07) is 0.509. The van der Waals surface area contributed by atoms with E-state index in [1.165, 1.54) is 0 Å². The Balaban J connectivity index is 2.53. The van der Waals surface area contributed by atoms with Crippen LogP contribution in [0.15, 0.2) is 0 Å². The van der Waals surface area contributed by atoms with Crippen LogP contribution >= 0.6 is 0 Å². The molecule has 1 atom stereocenters. The Morgan fingerprint density at radius 3 is 2.41 bits per heavy atom. The number of hydrogen-bond acceptors (Lipinski definition) is 4. The van der Waals surface area contributed by atoms with E-state index in [4.69, 9.17) is 0 Å². The van der Waals surface area contributed by atoms with Crippen molar-refractivity contribution in [2.45, 2.75) is 44.9 Å². The molecule has 1 rings (SSSR count). The number of likely N-dealkylation sites (N-methyl/N-ethyl adjacent to an activating group) is 1. The Morgan fingerprint density at radius 2 is 2.00 bits per heavy atom. The Bertz CT molecular complexity index is 327. The molecule has 5 heteroatoms. The summed E-state index contributed by atoms with van der Waals surface area (Å²) in [5.41, 5.74) is 0. The van der Waals surface area contributed by atoms with Gasteiger partial charge in [-0.15, -0.1) is 0 Å². The quantitative estimate of drug-likeness (QED) is 0.799. The fourth-order valence-electron chi connectivity index (χ4n) is 2.09. The van der Waals surface area contributed by atoms with E-state index in [0.717, 1.165) is 26.1 Å². The zero-order valence-corrected chi connectivity index (χ0v) is 12.3. The smallest absolute Gasteiger partial charge is 0.156 e. The molecule has 102 valence electrons. The van der Waals surface area contributed by atoms with Crippen LogP contribution in [0.5, 0.6) is 0 Å². The average molecular weight is 262 g/mol. The van der Waals surface area contributed by atoms with Gasteiger partial charge in [-0.1, -0.05) is 6.92 Å². The second kappa shape index (κ2) is 5.67. The van der Waals surface area contributed by atoms with Crippen LogP contribution < -0.4 is 5.32 Å². The molecule has 4 nitrogen and oxygen atoms in total. The highest BCUT2D eigenvalue weighted by atomic mass is 32.2. The van der Waals surface area contributed by atoms with Gasteiger partial charge >= 0.3 is 0 Å². The van der Waals surface area contributed by atoms with E-state index in [1.807, 2.05) is 0 Å². The van der Waals surface area contributed by atoms with Crippen LogP contribution in [0.1, 0.15) is 34.1 Å². The molecule has 1 saturated heterocycles. The third-order valence-electron chi connectivity index (χ3n) is 3.54. The van der Waals surface area contributed by atoms with Gasteiger partial charge in [0.05, 0.1) is 10.5 Å². The van der Waals surface area contributed by atoms with E-state index in [0.29, 0.717) is 12.6 Å². The van der Waals surface area contributed by atoms with E-state index in [1.54, 1.807) is 20.8 Å². The van der Waals surface area contributed by atoms with Gasteiger partial charge in [0, 0.05) is 19.1 Å². The molecule has 1 unspecified atom stereocenters. The van der Waals surface area contributed by atoms with Crippen LogP contribution in [-0.2, 0) is 9.84 Å². The molecular weight excluding hydrogens is 236 g/mol. The highest BCUT2D eigenvalue weighted by Crippen LogP contribution is 2.17. The van der Waals surface area contributed by atoms with Gasteiger partial charge < -0.3 is 5.32 Å². The van der Waals surface area contributed by atoms with Gasteiger partial charge in [-0.3, -0.25) is 4.90 Å². The number of hydrogen-bond donors (Lipinski definition) is 1. The minimum absolute atomic E-state index is 0.265. The lowest BCUT2D eigenvalue weighted by Gasteiger charge is -2.28. The molecule has 0 radical (unpaired) electrons. The van der Waals surface area contributed by atoms with Crippen molar-refractivity contribution in [3.05, 3.63) is 0 Å². The van der Waals surface area contributed by atoms with E-state index in [9.17, 15) is 8.42 Å². The molecule has 0 aromatic carbocycles. The molecule has 1 aliphatic rings. The van der Waals surface area contributed by atoms with Crippen molar-refractivity contribution in [3.8, 4) is 0 Å². The average Bonchev–Trinajstić information content (AvgIpc) is 2.70. The zero-order valence-electron chi connectivity index (χ0n) is 11.5. The van der Waals surface area contributed by atoms with Gasteiger partial charge in [-0.2, -0.15) is 0 Å². The van der Waals surface area contributed by atoms with E-state index < -0.39 is 14.6 Å². The Morgan fingerprint density at radius 1 is 1.35 bits per heavy atom. The molecule has 0 saturated carbocycles. The predicted molar refractivity (Wildman–Crippen MR) is 72.1 cm³/mol. The van der Waals surface area contributed by atoms with Crippen molar-refractivity contribution in [2.75, 3.05) is 31.9 Å². The maximum Gasteiger partial charge on any atom is 0.156 e. The van der Waals surface area contributed by atoms with Gasteiger partial charge in [0.15, 0.2) is 9.84 Å². The van der Waals surface area contributed by atoms with E-state index >= 15 is 0 Å². The van der Waals surface area contributed by atoms with Crippen LogP contribution in [-0.4, -0.2) is 56.0 Å². The van der Waals surface area contributed by atoms with Crippen LogP contribution in [0.2, 0.25) is 0 Å². The molecule has 0 amide bonds. The van der Waals surface area contributed by atoms with E-state index in [-0.39, 0.29) is 5.75 Å². The lowest BCUT2D eigenvalue weighted by atomic mass is 10.2. The summed E-state index contributed by atoms with van der Waals surface area (Å²) in [5.74, 6) is 0.265. The van der Waals surface area contributed by atoms with Crippen LogP contribution in [0.3, 0.4) is 0 Å². The molecule has 1 aliphatic heterocycles. The summed E-state index contributed by atoms with van der Waals surface area (Å²) < 4.78 is 23.5. The van der Waals surface area contributed by atoms with Crippen LogP contribution in [0, 0.1) is 0 Å². The summed E-state index contributed by atoms with van der Waals surface area (Å²) in [4.78, 5) is 2.28. The maximum absolute atomic E-state index is 12.0. The molecule has 17 heavy (non-hydrogen) atoms. The summed E-state index contributed by atoms with van der Waals surface area (Å²) in [6.45, 7) is 11.0. The number of sulfone groups is 1. The fraction of sp³-hybridized carbons (Fsp3) is 1.00. The molecule has 1 heterocycles. The van der Waals surface area contributed by atoms with Gasteiger partial charge in [-0.25, -0.2) is 8.42 Å². The van der Waals surface area contributed by atoms with Gasteiger partial charge in [0.2, 0.25) is 0 Å². The summed E-state index contributed by atoms with van der Waals surface area (Å²) >= 11 is 0. The largest absolute Gasteiger partial charge is 0.315 e. The first-order valence-corrected chi connectivity index (χ1v) is 8.10. The number of nitrogens with zero attached hydrogens (tertiary/aromatic N) is 1. The van der Waals surface area contributed by atoms with E-state index in [2.05, 4.69) is 17.1 Å². The second-order valence-electron chi connectivity index (χ2n) is 5.71. The monoisotopic (exact) mass is 262 g/mol. The SMILES string of the molecule is CCN(CCS(=O)(=O)C(C)(C)C)C1CCNC1. The predicted octanol–water partition coefficient (Wildman–Crippen LogP) is 0.884. The van der Waals surface area contributed by atoms with Crippen molar-refractivity contribution >= 4 is 9.84 Å². The summed E-state index contributed by atoms with van der Waals surface area (Å²) in [6.07, 6.45) is 1.13. The lowest BCUT2D eigenvalue weighted by Crippen LogP contribution is -2.42. The third-order valence-corrected chi connectivity index (χ3v) is 6.12. The Labute approximate surface area is 106 Å². The second-order valence-corrected chi connectivity index (χ2v) is 8.57. The minimum Gasteiger partial charge on any atom is -0.315 e. The van der Waals surface area contributed by atoms with Crippen molar-refractivity contribution in [2.24, 2.45) is 0 Å². The molecule has 0 aromatic rings. The minimum atomic E-state index is -2.99. The molecule has 0 spiro atoms. The third kappa shape index (κ3) is 3.93. The molecule has 0 aliphatic carbocycles. The number of rotatable bonds is 5. The standard InChI is InChI=1S/C12H26N2O2S/c1-5-14(11-6-7-13-10-11)8-9-17(15,16)12(2,3)4/h11,13H,5-10H2,1-4H3. The highest BCUT2D eigenvalue weighted by Gasteiger charge is 2.30. The summed E-state index contributed by atoms with van der Waals surface area (Å²) in [7, 11) is -2.99. The van der Waals surface area contributed by atoms with Crippen molar-refractivity contribution in [1.29, 1.82) is 0 Å². The Hall–Kier alpha value is -0.130. The van der Waals surface area contributed by atoms with Crippen molar-refractivity contribution in [3.63, 3.8) is 0 Å². The molecule has 0 bridgehead atoms. The van der Waals surface area contributed by atoms with Gasteiger partial charge in [-0.05, 0) is 40.3 Å². The molecule has 0 aromatic heterocycles. The first-order valence-electron chi connectivity index (χ1n) is 6.45. The normalized spacial score (nSPS) is 22.3. The van der Waals surface area contributed by atoms with Crippen molar-refractivity contribution < 1.29 is 8.42 Å². The molecule has 1 N–H and O–H groups in total. The Kier molecular flexibility index (Phi) is 4.98. The van der Waals surface area contributed by atoms with Crippen LogP contribution in [0.4, 0.5) is 0 Å². The van der Waals surface area contributed by atoms with Gasteiger partial charge in [0.1, 0.15) is 0 Å². The topological polar surface area (TPSA) is 49.4 Å². The lowest BCUT2D eigenvalue weighted by molar-refractivity contribution is 0.231. The first kappa shape index (κ1) is 14.9. The molecule has 1 fully saturated rings. The van der Waals surface area contributed by atoms with Crippen molar-refractivity contribution in [1.82, 2.24) is 10.2 Å². The fourth-order valence-corrected chi connectivity index (χ4v) is 3.18. The zero-order chi connectivity index (χ0) is 13.1. The molecular formula is C12H26N2O2S. The van der Waals surface area contributed by atoms with Gasteiger partial charge in [0.25, 0.3) is 0 Å². The summed E-state index contributed by atoms with van der Waals surface area (Å²) in [5, 5.41) is 3.32. The highest BCUT2D eigenvalue weighted by molar-refractivity contribution is 7.92. The maximum atomic E-state index is 12.0. The van der Waals surface area contributed by atoms with Crippen LogP contribution in [0.25, 0.3) is 0 Å². The number of nitrogens with one attached hydrogen (secondary N) is 1. The first-order chi connectivity index (χ1) is 7.78.